The predicted molar refractivity (Wildman–Crippen MR) is 105 cm³/mol. The summed E-state index contributed by atoms with van der Waals surface area (Å²) >= 11 is 0. The van der Waals surface area contributed by atoms with E-state index in [1.807, 2.05) is 36.0 Å². The number of anilines is 1. The summed E-state index contributed by atoms with van der Waals surface area (Å²) in [7, 11) is 1.92. The lowest BCUT2D eigenvalue weighted by Gasteiger charge is -2.42. The minimum absolute atomic E-state index is 0.0105. The highest BCUT2D eigenvalue weighted by atomic mass is 19.1. The number of benzene rings is 1. The summed E-state index contributed by atoms with van der Waals surface area (Å²) in [5.74, 6) is 1.32. The van der Waals surface area contributed by atoms with Gasteiger partial charge in [-0.2, -0.15) is 0 Å². The van der Waals surface area contributed by atoms with Crippen LogP contribution >= 0.6 is 0 Å². The van der Waals surface area contributed by atoms with Crippen molar-refractivity contribution in [3.63, 3.8) is 0 Å². The van der Waals surface area contributed by atoms with Crippen molar-refractivity contribution in [3.8, 4) is 11.5 Å². The second-order valence-electron chi connectivity index (χ2n) is 7.59. The van der Waals surface area contributed by atoms with Gasteiger partial charge < -0.3 is 14.6 Å². The fourth-order valence-corrected chi connectivity index (χ4v) is 4.00. The van der Waals surface area contributed by atoms with E-state index in [0.29, 0.717) is 24.2 Å². The fraction of sp³-hybridized carbons (Fsp3) is 0.381. The van der Waals surface area contributed by atoms with Crippen molar-refractivity contribution >= 4 is 5.82 Å². The van der Waals surface area contributed by atoms with Crippen molar-refractivity contribution in [1.82, 2.24) is 19.7 Å². The van der Waals surface area contributed by atoms with E-state index in [1.54, 1.807) is 18.3 Å². The highest BCUT2D eigenvalue weighted by molar-refractivity contribution is 5.52. The van der Waals surface area contributed by atoms with E-state index in [-0.39, 0.29) is 17.8 Å². The molecule has 146 valence electrons. The molecule has 1 saturated heterocycles. The quantitative estimate of drug-likeness (QED) is 0.736. The highest BCUT2D eigenvalue weighted by Gasteiger charge is 2.36. The molecule has 3 aromatic rings. The number of halogens is 1. The summed E-state index contributed by atoms with van der Waals surface area (Å²) < 4.78 is 16.1. The molecule has 1 aliphatic rings. The van der Waals surface area contributed by atoms with Gasteiger partial charge in [0, 0.05) is 37.9 Å². The van der Waals surface area contributed by atoms with Crippen LogP contribution in [0.25, 0.3) is 11.5 Å². The van der Waals surface area contributed by atoms with E-state index in [9.17, 15) is 9.50 Å². The van der Waals surface area contributed by atoms with Gasteiger partial charge in [-0.25, -0.2) is 9.37 Å². The average Bonchev–Trinajstić information content (AvgIpc) is 3.16. The number of rotatable bonds is 5. The normalized spacial score (nSPS) is 19.8. The van der Waals surface area contributed by atoms with Gasteiger partial charge in [-0.3, -0.25) is 0 Å². The molecule has 2 aromatic heterocycles. The molecule has 7 heteroatoms. The maximum absolute atomic E-state index is 14.2. The third kappa shape index (κ3) is 3.62. The Labute approximate surface area is 163 Å². The van der Waals surface area contributed by atoms with Crippen molar-refractivity contribution in [3.05, 3.63) is 60.2 Å². The monoisotopic (exact) mass is 381 g/mol. The lowest BCUT2D eigenvalue weighted by Crippen LogP contribution is -2.47. The molecule has 0 saturated carbocycles. The van der Waals surface area contributed by atoms with Gasteiger partial charge in [0.15, 0.2) is 11.6 Å². The SMILES string of the molecule is Cn1ccnc1-c1ccc(N2CCCC(CO)(Cc3ccccc3F)C2)nn1. The molecule has 1 atom stereocenters. The molecule has 4 rings (SSSR count). The number of imidazole rings is 1. The minimum atomic E-state index is -0.388. The summed E-state index contributed by atoms with van der Waals surface area (Å²) in [5.41, 5.74) is 0.975. The number of hydrogen-bond acceptors (Lipinski definition) is 5. The Morgan fingerprint density at radius 3 is 2.71 bits per heavy atom. The summed E-state index contributed by atoms with van der Waals surface area (Å²) in [4.78, 5) is 6.43. The van der Waals surface area contributed by atoms with E-state index >= 15 is 0 Å². The van der Waals surface area contributed by atoms with Gasteiger partial charge in [0.25, 0.3) is 0 Å². The standard InChI is InChI=1S/C21H24FN5O/c1-26-12-10-23-20(26)18-7-8-19(25-24-18)27-11-4-9-21(14-27,15-28)13-16-5-2-3-6-17(16)22/h2-3,5-8,10,12,28H,4,9,11,13-15H2,1H3. The number of aliphatic hydroxyl groups excluding tert-OH is 1. The van der Waals surface area contributed by atoms with E-state index in [0.717, 1.165) is 31.0 Å². The molecule has 0 spiro atoms. The largest absolute Gasteiger partial charge is 0.396 e. The van der Waals surface area contributed by atoms with Crippen LogP contribution in [-0.2, 0) is 13.5 Å². The smallest absolute Gasteiger partial charge is 0.160 e. The molecule has 1 unspecified atom stereocenters. The second kappa shape index (κ2) is 7.67. The van der Waals surface area contributed by atoms with Gasteiger partial charge in [-0.1, -0.05) is 18.2 Å². The molecule has 0 aliphatic carbocycles. The van der Waals surface area contributed by atoms with Gasteiger partial charge in [-0.15, -0.1) is 10.2 Å². The van der Waals surface area contributed by atoms with Crippen molar-refractivity contribution in [1.29, 1.82) is 0 Å². The number of aromatic nitrogens is 4. The molecule has 6 nitrogen and oxygen atoms in total. The van der Waals surface area contributed by atoms with E-state index in [4.69, 9.17) is 0 Å². The zero-order valence-corrected chi connectivity index (χ0v) is 15.9. The lowest BCUT2D eigenvalue weighted by molar-refractivity contribution is 0.104. The van der Waals surface area contributed by atoms with E-state index in [2.05, 4.69) is 20.1 Å². The van der Waals surface area contributed by atoms with Crippen LogP contribution in [0.3, 0.4) is 0 Å². The number of aryl methyl sites for hydroxylation is 1. The fourth-order valence-electron chi connectivity index (χ4n) is 4.00. The molecular weight excluding hydrogens is 357 g/mol. The Hall–Kier alpha value is -2.80. The van der Waals surface area contributed by atoms with Gasteiger partial charge in [0.2, 0.25) is 0 Å². The minimum Gasteiger partial charge on any atom is -0.396 e. The van der Waals surface area contributed by atoms with Crippen LogP contribution in [0.1, 0.15) is 18.4 Å². The molecule has 0 bridgehead atoms. The lowest BCUT2D eigenvalue weighted by atomic mass is 9.75. The van der Waals surface area contributed by atoms with Crippen molar-refractivity contribution < 1.29 is 9.50 Å². The van der Waals surface area contributed by atoms with Crippen LogP contribution in [0, 0.1) is 11.2 Å². The van der Waals surface area contributed by atoms with Crippen LogP contribution in [-0.4, -0.2) is 44.6 Å². The van der Waals surface area contributed by atoms with Crippen molar-refractivity contribution in [2.75, 3.05) is 24.6 Å². The predicted octanol–water partition coefficient (Wildman–Crippen LogP) is 2.84. The molecule has 1 N–H and O–H groups in total. The first kappa shape index (κ1) is 18.6. The topological polar surface area (TPSA) is 67.1 Å². The Kier molecular flexibility index (Phi) is 5.09. The maximum atomic E-state index is 14.2. The van der Waals surface area contributed by atoms with E-state index in [1.165, 1.54) is 6.07 Å². The molecule has 28 heavy (non-hydrogen) atoms. The van der Waals surface area contributed by atoms with Gasteiger partial charge in [0.05, 0.1) is 6.61 Å². The molecule has 0 radical (unpaired) electrons. The second-order valence-corrected chi connectivity index (χ2v) is 7.59. The van der Waals surface area contributed by atoms with Crippen LogP contribution in [0.2, 0.25) is 0 Å². The number of nitrogens with zero attached hydrogens (tertiary/aromatic N) is 5. The number of aliphatic hydroxyl groups is 1. The Morgan fingerprint density at radius 2 is 2.04 bits per heavy atom. The summed E-state index contributed by atoms with van der Waals surface area (Å²) in [6.07, 6.45) is 5.87. The zero-order valence-electron chi connectivity index (χ0n) is 15.9. The van der Waals surface area contributed by atoms with Gasteiger partial charge in [0.1, 0.15) is 11.5 Å². The van der Waals surface area contributed by atoms with Gasteiger partial charge in [-0.05, 0) is 43.0 Å². The molecular formula is C21H24FN5O. The van der Waals surface area contributed by atoms with Crippen LogP contribution in [0.15, 0.2) is 48.8 Å². The average molecular weight is 381 g/mol. The Balaban J connectivity index is 1.54. The highest BCUT2D eigenvalue weighted by Crippen LogP contribution is 2.35. The van der Waals surface area contributed by atoms with Gasteiger partial charge >= 0.3 is 0 Å². The van der Waals surface area contributed by atoms with Crippen LogP contribution in [0.5, 0.6) is 0 Å². The maximum Gasteiger partial charge on any atom is 0.160 e. The first-order valence-electron chi connectivity index (χ1n) is 9.51. The summed E-state index contributed by atoms with van der Waals surface area (Å²) in [6, 6.07) is 10.7. The third-order valence-corrected chi connectivity index (χ3v) is 5.54. The molecule has 3 heterocycles. The molecule has 1 aromatic carbocycles. The van der Waals surface area contributed by atoms with Crippen molar-refractivity contribution in [2.24, 2.45) is 12.5 Å². The van der Waals surface area contributed by atoms with Crippen molar-refractivity contribution in [2.45, 2.75) is 19.3 Å². The molecule has 1 fully saturated rings. The van der Waals surface area contributed by atoms with E-state index < -0.39 is 0 Å². The first-order valence-corrected chi connectivity index (χ1v) is 9.51. The zero-order chi connectivity index (χ0) is 19.6. The van der Waals surface area contributed by atoms with Crippen LogP contribution < -0.4 is 4.90 Å². The number of piperidine rings is 1. The first-order chi connectivity index (χ1) is 13.6. The summed E-state index contributed by atoms with van der Waals surface area (Å²) in [6.45, 7) is 1.47. The number of hydrogen-bond donors (Lipinski definition) is 1. The molecule has 0 amide bonds. The Morgan fingerprint density at radius 1 is 1.18 bits per heavy atom. The van der Waals surface area contributed by atoms with Crippen LogP contribution in [0.4, 0.5) is 10.2 Å². The summed E-state index contributed by atoms with van der Waals surface area (Å²) in [5, 5.41) is 18.9. The Bertz CT molecular complexity index is 942. The third-order valence-electron chi connectivity index (χ3n) is 5.54. The molecule has 1 aliphatic heterocycles.